The van der Waals surface area contributed by atoms with Crippen LogP contribution < -0.4 is 5.32 Å². The van der Waals surface area contributed by atoms with E-state index in [-0.39, 0.29) is 17.9 Å². The number of halogens is 1. The highest BCUT2D eigenvalue weighted by molar-refractivity contribution is 9.10. The van der Waals surface area contributed by atoms with Gasteiger partial charge < -0.3 is 10.4 Å². The van der Waals surface area contributed by atoms with Crippen LogP contribution in [0.5, 0.6) is 0 Å². The van der Waals surface area contributed by atoms with Gasteiger partial charge in [0, 0.05) is 11.0 Å². The smallest absolute Gasteiger partial charge is 0.335 e. The summed E-state index contributed by atoms with van der Waals surface area (Å²) in [6, 6.07) is 14.2. The molecule has 21 heavy (non-hydrogen) atoms. The molecule has 1 amide bonds. The van der Waals surface area contributed by atoms with Crippen molar-refractivity contribution in [3.63, 3.8) is 0 Å². The van der Waals surface area contributed by atoms with Crippen LogP contribution in [0.2, 0.25) is 0 Å². The second kappa shape index (κ2) is 7.04. The number of benzene rings is 2. The van der Waals surface area contributed by atoms with Crippen molar-refractivity contribution >= 4 is 27.8 Å². The second-order valence-electron chi connectivity index (χ2n) is 4.55. The molecule has 2 aromatic carbocycles. The molecule has 0 radical (unpaired) electrons. The quantitative estimate of drug-likeness (QED) is 0.873. The van der Waals surface area contributed by atoms with E-state index in [4.69, 9.17) is 5.11 Å². The minimum atomic E-state index is -1.02. The van der Waals surface area contributed by atoms with Crippen molar-refractivity contribution in [2.24, 2.45) is 0 Å². The Labute approximate surface area is 130 Å². The van der Waals surface area contributed by atoms with E-state index in [2.05, 4.69) is 21.2 Å². The van der Waals surface area contributed by atoms with Crippen LogP contribution in [0.25, 0.3) is 0 Å². The molecule has 0 aliphatic heterocycles. The van der Waals surface area contributed by atoms with Gasteiger partial charge in [-0.05, 0) is 29.3 Å². The fourth-order valence-electron chi connectivity index (χ4n) is 1.97. The average Bonchev–Trinajstić information content (AvgIpc) is 2.45. The van der Waals surface area contributed by atoms with Gasteiger partial charge in [0.15, 0.2) is 0 Å². The van der Waals surface area contributed by atoms with E-state index in [1.165, 1.54) is 6.07 Å². The van der Waals surface area contributed by atoms with Crippen LogP contribution in [0, 0.1) is 0 Å². The Morgan fingerprint density at radius 3 is 2.57 bits per heavy atom. The molecular formula is C16H14BrNO3. The van der Waals surface area contributed by atoms with Gasteiger partial charge in [0.2, 0.25) is 5.91 Å². The third-order valence-corrected chi connectivity index (χ3v) is 3.47. The lowest BCUT2D eigenvalue weighted by Crippen LogP contribution is -2.25. The van der Waals surface area contributed by atoms with E-state index in [0.29, 0.717) is 12.1 Å². The van der Waals surface area contributed by atoms with Crippen LogP contribution in [0.3, 0.4) is 0 Å². The van der Waals surface area contributed by atoms with Gasteiger partial charge in [-0.1, -0.05) is 46.3 Å². The molecule has 0 atom stereocenters. The first-order valence-corrected chi connectivity index (χ1v) is 7.18. The molecule has 0 heterocycles. The number of nitrogens with one attached hydrogen (secondary N) is 1. The number of amides is 1. The molecule has 0 saturated heterocycles. The van der Waals surface area contributed by atoms with E-state index in [0.717, 1.165) is 10.0 Å². The lowest BCUT2D eigenvalue weighted by molar-refractivity contribution is -0.120. The van der Waals surface area contributed by atoms with Crippen molar-refractivity contribution in [3.8, 4) is 0 Å². The first kappa shape index (κ1) is 15.3. The molecule has 0 aromatic heterocycles. The Morgan fingerprint density at radius 2 is 1.86 bits per heavy atom. The second-order valence-corrected chi connectivity index (χ2v) is 5.46. The Morgan fingerprint density at radius 1 is 1.10 bits per heavy atom. The zero-order chi connectivity index (χ0) is 15.2. The minimum absolute atomic E-state index is 0.0521. The number of hydrogen-bond acceptors (Lipinski definition) is 2. The Bertz CT molecular complexity index is 670. The van der Waals surface area contributed by atoms with Gasteiger partial charge in [0.05, 0.1) is 12.0 Å². The van der Waals surface area contributed by atoms with Crippen molar-refractivity contribution in [1.82, 2.24) is 5.32 Å². The predicted octanol–water partition coefficient (Wildman–Crippen LogP) is 3.01. The molecule has 0 bridgehead atoms. The molecule has 0 unspecified atom stereocenters. The molecule has 0 aliphatic rings. The molecule has 0 saturated carbocycles. The molecule has 0 aliphatic carbocycles. The summed E-state index contributed by atoms with van der Waals surface area (Å²) in [6.45, 7) is 0.410. The monoisotopic (exact) mass is 347 g/mol. The topological polar surface area (TPSA) is 66.4 Å². The molecule has 2 rings (SSSR count). The SMILES string of the molecule is O=C(Cc1ccccc1C(=O)O)NCc1cccc(Br)c1. The lowest BCUT2D eigenvalue weighted by Gasteiger charge is -2.08. The third kappa shape index (κ3) is 4.43. The molecular weight excluding hydrogens is 334 g/mol. The summed E-state index contributed by atoms with van der Waals surface area (Å²) >= 11 is 3.37. The highest BCUT2D eigenvalue weighted by Crippen LogP contribution is 2.12. The van der Waals surface area contributed by atoms with Gasteiger partial charge in [-0.2, -0.15) is 0 Å². The van der Waals surface area contributed by atoms with Gasteiger partial charge in [0.1, 0.15) is 0 Å². The number of aromatic carboxylic acids is 1. The lowest BCUT2D eigenvalue weighted by atomic mass is 10.0. The van der Waals surface area contributed by atoms with Gasteiger partial charge >= 0.3 is 5.97 Å². The first-order valence-electron chi connectivity index (χ1n) is 6.38. The summed E-state index contributed by atoms with van der Waals surface area (Å²) in [5, 5.41) is 11.9. The Balaban J connectivity index is 1.98. The van der Waals surface area contributed by atoms with Crippen LogP contribution in [0.1, 0.15) is 21.5 Å². The molecule has 108 valence electrons. The molecule has 5 heteroatoms. The van der Waals surface area contributed by atoms with Crippen molar-refractivity contribution in [2.45, 2.75) is 13.0 Å². The predicted molar refractivity (Wildman–Crippen MR) is 83.1 cm³/mol. The van der Waals surface area contributed by atoms with E-state index in [1.54, 1.807) is 18.2 Å². The summed E-state index contributed by atoms with van der Waals surface area (Å²) in [5.74, 6) is -1.23. The highest BCUT2D eigenvalue weighted by atomic mass is 79.9. The maximum atomic E-state index is 11.9. The van der Waals surface area contributed by atoms with Crippen molar-refractivity contribution in [1.29, 1.82) is 0 Å². The van der Waals surface area contributed by atoms with Crippen molar-refractivity contribution in [3.05, 3.63) is 69.7 Å². The number of hydrogen-bond donors (Lipinski definition) is 2. The van der Waals surface area contributed by atoms with Crippen molar-refractivity contribution in [2.75, 3.05) is 0 Å². The maximum absolute atomic E-state index is 11.9. The summed E-state index contributed by atoms with van der Waals surface area (Å²) < 4.78 is 0.950. The fourth-order valence-corrected chi connectivity index (χ4v) is 2.41. The standard InChI is InChI=1S/C16H14BrNO3/c17-13-6-3-4-11(8-13)10-18-15(19)9-12-5-1-2-7-14(12)16(20)21/h1-8H,9-10H2,(H,18,19)(H,20,21). The maximum Gasteiger partial charge on any atom is 0.335 e. The molecule has 0 fully saturated rings. The number of carbonyl (C=O) groups is 2. The Kier molecular flexibility index (Phi) is 5.11. The average molecular weight is 348 g/mol. The molecule has 2 N–H and O–H groups in total. The Hall–Kier alpha value is -2.14. The van der Waals surface area contributed by atoms with Crippen LogP contribution in [-0.4, -0.2) is 17.0 Å². The van der Waals surface area contributed by atoms with Crippen LogP contribution in [0.15, 0.2) is 53.0 Å². The van der Waals surface area contributed by atoms with Gasteiger partial charge in [-0.25, -0.2) is 4.79 Å². The van der Waals surface area contributed by atoms with Gasteiger partial charge in [-0.3, -0.25) is 4.79 Å². The van der Waals surface area contributed by atoms with E-state index in [1.807, 2.05) is 24.3 Å². The first-order chi connectivity index (χ1) is 10.1. The van der Waals surface area contributed by atoms with Gasteiger partial charge in [-0.15, -0.1) is 0 Å². The van der Waals surface area contributed by atoms with Crippen LogP contribution in [0.4, 0.5) is 0 Å². The zero-order valence-corrected chi connectivity index (χ0v) is 12.8. The van der Waals surface area contributed by atoms with Crippen LogP contribution >= 0.6 is 15.9 Å². The van der Waals surface area contributed by atoms with Crippen molar-refractivity contribution < 1.29 is 14.7 Å². The number of carboxylic acid groups (broad SMARTS) is 1. The number of carboxylic acids is 1. The van der Waals surface area contributed by atoms with Crippen LogP contribution in [-0.2, 0) is 17.8 Å². The highest BCUT2D eigenvalue weighted by Gasteiger charge is 2.12. The van der Waals surface area contributed by atoms with Gasteiger partial charge in [0.25, 0.3) is 0 Å². The summed E-state index contributed by atoms with van der Waals surface area (Å²) in [4.78, 5) is 23.0. The van der Waals surface area contributed by atoms with E-state index >= 15 is 0 Å². The summed E-state index contributed by atoms with van der Waals surface area (Å²) in [7, 11) is 0. The minimum Gasteiger partial charge on any atom is -0.478 e. The molecule has 4 nitrogen and oxygen atoms in total. The number of rotatable bonds is 5. The largest absolute Gasteiger partial charge is 0.478 e. The molecule has 0 spiro atoms. The summed E-state index contributed by atoms with van der Waals surface area (Å²) in [6.07, 6.45) is 0.0521. The third-order valence-electron chi connectivity index (χ3n) is 2.98. The fraction of sp³-hybridized carbons (Fsp3) is 0.125. The summed E-state index contributed by atoms with van der Waals surface area (Å²) in [5.41, 5.74) is 1.65. The van der Waals surface area contributed by atoms with E-state index < -0.39 is 5.97 Å². The normalized spacial score (nSPS) is 10.1. The van der Waals surface area contributed by atoms with E-state index in [9.17, 15) is 9.59 Å². The zero-order valence-electron chi connectivity index (χ0n) is 11.2. The number of carbonyl (C=O) groups excluding carboxylic acids is 1. The molecule has 2 aromatic rings.